The third-order valence-corrected chi connectivity index (χ3v) is 13.8. The van der Waals surface area contributed by atoms with Gasteiger partial charge in [-0.1, -0.05) is 211 Å². The topological polar surface area (TPSA) is 45.2 Å². The van der Waals surface area contributed by atoms with Gasteiger partial charge in [0.25, 0.3) is 0 Å². The van der Waals surface area contributed by atoms with Crippen LogP contribution in [-0.2, 0) is 0 Å². The van der Waals surface area contributed by atoms with Crippen LogP contribution in [-0.4, -0.2) is 15.0 Å². The van der Waals surface area contributed by atoms with E-state index >= 15 is 0 Å². The van der Waals surface area contributed by atoms with E-state index in [0.717, 1.165) is 61.6 Å². The summed E-state index contributed by atoms with van der Waals surface area (Å²) in [7, 11) is 0. The maximum absolute atomic E-state index is 5.47. The maximum Gasteiger partial charge on any atom is 0.238 e. The molecule has 0 fully saturated rings. The van der Waals surface area contributed by atoms with Gasteiger partial charge < -0.3 is 4.90 Å². The van der Waals surface area contributed by atoms with Crippen molar-refractivity contribution in [3.63, 3.8) is 0 Å². The lowest BCUT2D eigenvalue weighted by molar-refractivity contribution is 1.02. The quantitative estimate of drug-likeness (QED) is 0.122. The van der Waals surface area contributed by atoms with Crippen LogP contribution < -0.4 is 9.80 Å². The van der Waals surface area contributed by atoms with Gasteiger partial charge >= 0.3 is 0 Å². The van der Waals surface area contributed by atoms with Gasteiger partial charge in [0.15, 0.2) is 11.6 Å². The van der Waals surface area contributed by atoms with Gasteiger partial charge in [0, 0.05) is 28.1 Å². The van der Waals surface area contributed by atoms with Crippen molar-refractivity contribution in [1.82, 2.24) is 15.0 Å². The van der Waals surface area contributed by atoms with Crippen LogP contribution in [0.15, 0.2) is 237 Å². The van der Waals surface area contributed by atoms with Gasteiger partial charge in [-0.3, -0.25) is 4.90 Å². The first-order valence-electron chi connectivity index (χ1n) is 25.3. The highest BCUT2D eigenvalue weighted by molar-refractivity contribution is 5.90. The molecule has 0 N–H and O–H groups in total. The first-order chi connectivity index (χ1) is 36.2. The summed E-state index contributed by atoms with van der Waals surface area (Å²) < 4.78 is 0. The number of hydrogen-bond donors (Lipinski definition) is 0. The van der Waals surface area contributed by atoms with Gasteiger partial charge in [-0.25, -0.2) is 4.98 Å². The molecule has 0 atom stereocenters. The molecule has 0 aliphatic carbocycles. The zero-order valence-corrected chi connectivity index (χ0v) is 42.8. The monoisotopic (exact) mass is 955 g/mol. The number of rotatable bonds is 12. The SMILES string of the molecule is Cc1cc(C)c(N(c2ccc(N(c3nc(-c4ccc(-c5ccccc5-c5ccccc5)cc4)nc(-c4cccc(-c5ccccc5)c4)n3)c3ccccc3-c3ccccc3)cc2)c2c(C)cc(C)cc2C)c(C)c1. The highest BCUT2D eigenvalue weighted by Crippen LogP contribution is 2.46. The van der Waals surface area contributed by atoms with Gasteiger partial charge in [0.2, 0.25) is 5.95 Å². The predicted molar refractivity (Wildman–Crippen MR) is 310 cm³/mol. The standard InChI is InChI=1S/C69H57N5/c1-46-41-48(3)65(49(4)42-46)74(66-50(5)43-47(2)44-51(66)6)60-39-37-59(38-40-60)73(64-32-19-18-31-63(64)54-25-14-9-15-26-54)69-71-67(70-68(72-69)58-28-20-27-57(45-58)52-21-10-7-11-22-52)56-35-33-55(34-36-56)62-30-17-16-29-61(62)53-23-12-8-13-24-53/h7-45H,1-6H3. The molecule has 0 saturated carbocycles. The second kappa shape index (κ2) is 20.5. The van der Waals surface area contributed by atoms with Gasteiger partial charge in [-0.2, -0.15) is 9.97 Å². The van der Waals surface area contributed by atoms with Crippen LogP contribution in [0.2, 0.25) is 0 Å². The Morgan fingerprint density at radius 3 is 1.18 bits per heavy atom. The lowest BCUT2D eigenvalue weighted by Crippen LogP contribution is -2.18. The van der Waals surface area contributed by atoms with E-state index in [1.165, 1.54) is 55.9 Å². The van der Waals surface area contributed by atoms with E-state index in [-0.39, 0.29) is 0 Å². The molecule has 74 heavy (non-hydrogen) atoms. The van der Waals surface area contributed by atoms with Crippen molar-refractivity contribution in [2.24, 2.45) is 0 Å². The lowest BCUT2D eigenvalue weighted by Gasteiger charge is -2.32. The molecule has 11 rings (SSSR count). The van der Waals surface area contributed by atoms with Crippen molar-refractivity contribution in [2.75, 3.05) is 9.80 Å². The first-order valence-corrected chi connectivity index (χ1v) is 25.3. The molecule has 1 heterocycles. The van der Waals surface area contributed by atoms with Crippen LogP contribution in [0.5, 0.6) is 0 Å². The molecule has 0 bridgehead atoms. The van der Waals surface area contributed by atoms with Crippen LogP contribution in [0.25, 0.3) is 67.3 Å². The Morgan fingerprint density at radius 1 is 0.270 bits per heavy atom. The molecular weight excluding hydrogens is 899 g/mol. The van der Waals surface area contributed by atoms with Gasteiger partial charge in [0.05, 0.1) is 17.1 Å². The first kappa shape index (κ1) is 47.2. The van der Waals surface area contributed by atoms with Crippen LogP contribution in [0.4, 0.5) is 34.4 Å². The Labute approximate surface area is 435 Å². The molecule has 358 valence electrons. The fourth-order valence-electron chi connectivity index (χ4n) is 10.7. The van der Waals surface area contributed by atoms with Crippen molar-refractivity contribution >= 4 is 34.4 Å². The van der Waals surface area contributed by atoms with Crippen LogP contribution >= 0.6 is 0 Å². The highest BCUT2D eigenvalue weighted by Gasteiger charge is 2.25. The number of benzene rings is 10. The molecule has 10 aromatic carbocycles. The van der Waals surface area contributed by atoms with Gasteiger partial charge in [-0.05, 0) is 139 Å². The van der Waals surface area contributed by atoms with E-state index < -0.39 is 0 Å². The Morgan fingerprint density at radius 2 is 0.649 bits per heavy atom. The number of aryl methyl sites for hydroxylation is 6. The van der Waals surface area contributed by atoms with Crippen molar-refractivity contribution < 1.29 is 0 Å². The summed E-state index contributed by atoms with van der Waals surface area (Å²) in [6, 6.07) is 83.9. The van der Waals surface area contributed by atoms with E-state index in [9.17, 15) is 0 Å². The molecule has 0 saturated heterocycles. The molecule has 0 unspecified atom stereocenters. The number of para-hydroxylation sites is 1. The second-order valence-corrected chi connectivity index (χ2v) is 19.3. The molecule has 5 heteroatoms. The fourth-order valence-corrected chi connectivity index (χ4v) is 10.7. The minimum absolute atomic E-state index is 0.497. The summed E-state index contributed by atoms with van der Waals surface area (Å²) in [5, 5.41) is 0. The van der Waals surface area contributed by atoms with Crippen molar-refractivity contribution in [1.29, 1.82) is 0 Å². The second-order valence-electron chi connectivity index (χ2n) is 19.3. The van der Waals surface area contributed by atoms with E-state index in [4.69, 9.17) is 15.0 Å². The molecule has 0 aliphatic rings. The summed E-state index contributed by atoms with van der Waals surface area (Å²) in [6.45, 7) is 13.2. The van der Waals surface area contributed by atoms with E-state index in [0.29, 0.717) is 17.6 Å². The minimum atomic E-state index is 0.497. The lowest BCUT2D eigenvalue weighted by atomic mass is 9.94. The summed E-state index contributed by atoms with van der Waals surface area (Å²) in [4.78, 5) is 20.9. The summed E-state index contributed by atoms with van der Waals surface area (Å²) in [5.41, 5.74) is 23.4. The fraction of sp³-hybridized carbons (Fsp3) is 0.0870. The smallest absolute Gasteiger partial charge is 0.238 e. The number of anilines is 6. The average Bonchev–Trinajstić information content (AvgIpc) is 3.44. The highest BCUT2D eigenvalue weighted by atomic mass is 15.3. The molecular formula is C69H57N5. The minimum Gasteiger partial charge on any atom is -0.309 e. The van der Waals surface area contributed by atoms with Crippen molar-refractivity contribution in [2.45, 2.75) is 41.5 Å². The number of aromatic nitrogens is 3. The largest absolute Gasteiger partial charge is 0.309 e. The third kappa shape index (κ3) is 9.51. The number of nitrogens with zero attached hydrogens (tertiary/aromatic N) is 5. The summed E-state index contributed by atoms with van der Waals surface area (Å²) in [6.07, 6.45) is 0. The van der Waals surface area contributed by atoms with E-state index in [2.05, 4.69) is 282 Å². The zero-order valence-electron chi connectivity index (χ0n) is 42.8. The van der Waals surface area contributed by atoms with Crippen LogP contribution in [0.1, 0.15) is 33.4 Å². The van der Waals surface area contributed by atoms with Crippen LogP contribution in [0.3, 0.4) is 0 Å². The molecule has 0 spiro atoms. The Bertz CT molecular complexity index is 3670. The van der Waals surface area contributed by atoms with Crippen molar-refractivity contribution in [3.8, 4) is 67.3 Å². The van der Waals surface area contributed by atoms with Crippen LogP contribution in [0, 0.1) is 41.5 Å². The van der Waals surface area contributed by atoms with Crippen molar-refractivity contribution in [3.05, 3.63) is 270 Å². The number of hydrogen-bond acceptors (Lipinski definition) is 5. The van der Waals surface area contributed by atoms with Gasteiger partial charge in [0.1, 0.15) is 0 Å². The predicted octanol–water partition coefficient (Wildman–Crippen LogP) is 18.7. The van der Waals surface area contributed by atoms with E-state index in [1.807, 2.05) is 6.07 Å². The normalized spacial score (nSPS) is 11.1. The Kier molecular flexibility index (Phi) is 13.1. The summed E-state index contributed by atoms with van der Waals surface area (Å²) >= 11 is 0. The molecule has 0 amide bonds. The summed E-state index contributed by atoms with van der Waals surface area (Å²) in [5.74, 6) is 1.64. The maximum atomic E-state index is 5.47. The molecule has 5 nitrogen and oxygen atoms in total. The average molecular weight is 956 g/mol. The molecule has 11 aromatic rings. The molecule has 1 aromatic heterocycles. The zero-order chi connectivity index (χ0) is 50.7. The Balaban J connectivity index is 1.11. The molecule has 0 aliphatic heterocycles. The Hall–Kier alpha value is -9.19. The van der Waals surface area contributed by atoms with E-state index in [1.54, 1.807) is 0 Å². The van der Waals surface area contributed by atoms with Gasteiger partial charge in [-0.15, -0.1) is 0 Å². The molecule has 0 radical (unpaired) electrons. The third-order valence-electron chi connectivity index (χ3n) is 13.8.